The van der Waals surface area contributed by atoms with Crippen LogP contribution in [0.25, 0.3) is 11.1 Å². The van der Waals surface area contributed by atoms with Gasteiger partial charge in [0.25, 0.3) is 0 Å². The Bertz CT molecular complexity index is 750. The summed E-state index contributed by atoms with van der Waals surface area (Å²) in [5.74, 6) is -0.0915. The molecule has 1 N–H and O–H groups in total. The zero-order valence-corrected chi connectivity index (χ0v) is 11.2. The molecule has 0 aliphatic carbocycles. The van der Waals surface area contributed by atoms with Crippen molar-refractivity contribution in [2.75, 3.05) is 5.32 Å². The predicted octanol–water partition coefficient (Wildman–Crippen LogP) is 3.66. The minimum Gasteiger partial charge on any atom is -0.443 e. The zero-order valence-electron chi connectivity index (χ0n) is 10.5. The van der Waals surface area contributed by atoms with Crippen molar-refractivity contribution < 1.29 is 9.21 Å². The van der Waals surface area contributed by atoms with E-state index in [0.717, 1.165) is 11.1 Å². The molecule has 0 fully saturated rings. The van der Waals surface area contributed by atoms with Gasteiger partial charge < -0.3 is 9.73 Å². The minimum absolute atomic E-state index is 0.0915. The Labute approximate surface area is 120 Å². The van der Waals surface area contributed by atoms with E-state index in [-0.39, 0.29) is 5.91 Å². The van der Waals surface area contributed by atoms with Crippen LogP contribution in [0.4, 0.5) is 5.69 Å². The van der Waals surface area contributed by atoms with Crippen LogP contribution in [0.15, 0.2) is 53.3 Å². The number of oxazole rings is 1. The second-order valence-electron chi connectivity index (χ2n) is 4.39. The van der Waals surface area contributed by atoms with Crippen molar-refractivity contribution >= 4 is 34.3 Å². The molecule has 1 heterocycles. The van der Waals surface area contributed by atoms with Crippen molar-refractivity contribution in [3.8, 4) is 0 Å². The molecule has 1 amide bonds. The number of nitrogens with one attached hydrogen (secondary N) is 1. The maximum atomic E-state index is 12.0. The number of carbonyl (C=O) groups is 1. The summed E-state index contributed by atoms with van der Waals surface area (Å²) >= 11 is 5.81. The summed E-state index contributed by atoms with van der Waals surface area (Å²) in [7, 11) is 0. The fourth-order valence-electron chi connectivity index (χ4n) is 1.93. The molecule has 3 aromatic rings. The molecular formula is C15H11ClN2O2. The Kier molecular flexibility index (Phi) is 3.39. The van der Waals surface area contributed by atoms with E-state index in [1.807, 2.05) is 12.1 Å². The smallest absolute Gasteiger partial charge is 0.228 e. The van der Waals surface area contributed by atoms with Crippen LogP contribution in [0.5, 0.6) is 0 Å². The number of benzene rings is 2. The van der Waals surface area contributed by atoms with Gasteiger partial charge in [-0.15, -0.1) is 0 Å². The standard InChI is InChI=1S/C15H11ClN2O2/c16-11-3-1-10(2-4-11)7-15(19)18-12-5-6-13-14(8-12)20-9-17-13/h1-6,8-9H,7H2,(H,18,19). The lowest BCUT2D eigenvalue weighted by atomic mass is 10.1. The van der Waals surface area contributed by atoms with E-state index < -0.39 is 0 Å². The van der Waals surface area contributed by atoms with Crippen LogP contribution in [-0.2, 0) is 11.2 Å². The van der Waals surface area contributed by atoms with Crippen LogP contribution in [0, 0.1) is 0 Å². The molecule has 0 saturated carbocycles. The number of anilines is 1. The number of fused-ring (bicyclic) bond motifs is 1. The Morgan fingerprint density at radius 3 is 2.80 bits per heavy atom. The Morgan fingerprint density at radius 1 is 1.20 bits per heavy atom. The average molecular weight is 287 g/mol. The highest BCUT2D eigenvalue weighted by atomic mass is 35.5. The van der Waals surface area contributed by atoms with E-state index in [2.05, 4.69) is 10.3 Å². The number of carbonyl (C=O) groups excluding carboxylic acids is 1. The molecule has 3 rings (SSSR count). The SMILES string of the molecule is O=C(Cc1ccc(Cl)cc1)Nc1ccc2ncoc2c1. The van der Waals surface area contributed by atoms with Crippen LogP contribution in [0.1, 0.15) is 5.56 Å². The molecule has 0 saturated heterocycles. The van der Waals surface area contributed by atoms with Gasteiger partial charge in [0, 0.05) is 16.8 Å². The quantitative estimate of drug-likeness (QED) is 0.799. The van der Waals surface area contributed by atoms with Gasteiger partial charge >= 0.3 is 0 Å². The van der Waals surface area contributed by atoms with Gasteiger partial charge in [-0.1, -0.05) is 23.7 Å². The van der Waals surface area contributed by atoms with Crippen molar-refractivity contribution in [2.45, 2.75) is 6.42 Å². The van der Waals surface area contributed by atoms with Gasteiger partial charge in [-0.05, 0) is 29.8 Å². The van der Waals surface area contributed by atoms with Crippen molar-refractivity contribution in [3.05, 3.63) is 59.4 Å². The van der Waals surface area contributed by atoms with Gasteiger partial charge in [0.05, 0.1) is 6.42 Å². The second-order valence-corrected chi connectivity index (χ2v) is 4.82. The summed E-state index contributed by atoms with van der Waals surface area (Å²) < 4.78 is 5.19. The molecule has 0 bridgehead atoms. The van der Waals surface area contributed by atoms with Crippen molar-refractivity contribution in [1.82, 2.24) is 4.98 Å². The van der Waals surface area contributed by atoms with Gasteiger partial charge in [0.2, 0.25) is 5.91 Å². The summed E-state index contributed by atoms with van der Waals surface area (Å²) in [6.07, 6.45) is 1.68. The molecule has 0 atom stereocenters. The fraction of sp³-hybridized carbons (Fsp3) is 0.0667. The van der Waals surface area contributed by atoms with Crippen LogP contribution < -0.4 is 5.32 Å². The fourth-order valence-corrected chi connectivity index (χ4v) is 2.05. The van der Waals surface area contributed by atoms with Crippen molar-refractivity contribution in [2.24, 2.45) is 0 Å². The topological polar surface area (TPSA) is 55.1 Å². The molecule has 4 nitrogen and oxygen atoms in total. The normalized spacial score (nSPS) is 10.7. The van der Waals surface area contributed by atoms with E-state index >= 15 is 0 Å². The molecule has 2 aromatic carbocycles. The van der Waals surface area contributed by atoms with Gasteiger partial charge in [0.15, 0.2) is 12.0 Å². The third kappa shape index (κ3) is 2.81. The molecule has 20 heavy (non-hydrogen) atoms. The zero-order chi connectivity index (χ0) is 13.9. The lowest BCUT2D eigenvalue weighted by Gasteiger charge is -2.05. The predicted molar refractivity (Wildman–Crippen MR) is 77.8 cm³/mol. The largest absolute Gasteiger partial charge is 0.443 e. The summed E-state index contributed by atoms with van der Waals surface area (Å²) in [4.78, 5) is 16.0. The Hall–Kier alpha value is -2.33. The molecule has 0 unspecified atom stereocenters. The average Bonchev–Trinajstić information content (AvgIpc) is 2.89. The number of aromatic nitrogens is 1. The highest BCUT2D eigenvalue weighted by molar-refractivity contribution is 6.30. The molecule has 0 radical (unpaired) electrons. The highest BCUT2D eigenvalue weighted by Gasteiger charge is 2.06. The first-order valence-electron chi connectivity index (χ1n) is 6.08. The third-order valence-electron chi connectivity index (χ3n) is 2.89. The number of nitrogens with zero attached hydrogens (tertiary/aromatic N) is 1. The van der Waals surface area contributed by atoms with Crippen LogP contribution in [0.2, 0.25) is 5.02 Å². The first-order chi connectivity index (χ1) is 9.70. The number of amides is 1. The summed E-state index contributed by atoms with van der Waals surface area (Å²) in [6, 6.07) is 12.6. The Balaban J connectivity index is 1.70. The number of rotatable bonds is 3. The van der Waals surface area contributed by atoms with E-state index in [9.17, 15) is 4.79 Å². The lowest BCUT2D eigenvalue weighted by molar-refractivity contribution is -0.115. The molecule has 100 valence electrons. The van der Waals surface area contributed by atoms with Gasteiger partial charge in [0.1, 0.15) is 5.52 Å². The molecule has 0 spiro atoms. The van der Waals surface area contributed by atoms with E-state index in [1.54, 1.807) is 30.3 Å². The van der Waals surface area contributed by atoms with E-state index in [1.165, 1.54) is 6.39 Å². The number of halogens is 1. The highest BCUT2D eigenvalue weighted by Crippen LogP contribution is 2.18. The van der Waals surface area contributed by atoms with E-state index in [0.29, 0.717) is 22.7 Å². The molecule has 0 aliphatic rings. The summed E-state index contributed by atoms with van der Waals surface area (Å²) in [5.41, 5.74) is 3.01. The summed E-state index contributed by atoms with van der Waals surface area (Å²) in [5, 5.41) is 3.48. The van der Waals surface area contributed by atoms with E-state index in [4.69, 9.17) is 16.0 Å². The van der Waals surface area contributed by atoms with Crippen molar-refractivity contribution in [1.29, 1.82) is 0 Å². The maximum absolute atomic E-state index is 12.0. The Morgan fingerprint density at radius 2 is 2.00 bits per heavy atom. The number of hydrogen-bond acceptors (Lipinski definition) is 3. The first-order valence-corrected chi connectivity index (χ1v) is 6.46. The lowest BCUT2D eigenvalue weighted by Crippen LogP contribution is -2.14. The van der Waals surface area contributed by atoms with Crippen molar-refractivity contribution in [3.63, 3.8) is 0 Å². The molecule has 0 aliphatic heterocycles. The monoisotopic (exact) mass is 286 g/mol. The van der Waals surface area contributed by atoms with Crippen LogP contribution >= 0.6 is 11.6 Å². The van der Waals surface area contributed by atoms with Gasteiger partial charge in [-0.25, -0.2) is 4.98 Å². The first kappa shape index (κ1) is 12.7. The second kappa shape index (κ2) is 5.35. The van der Waals surface area contributed by atoms with Gasteiger partial charge in [-0.2, -0.15) is 0 Å². The van der Waals surface area contributed by atoms with Crippen LogP contribution in [-0.4, -0.2) is 10.9 Å². The van der Waals surface area contributed by atoms with Crippen LogP contribution in [0.3, 0.4) is 0 Å². The molecule has 1 aromatic heterocycles. The number of hydrogen-bond donors (Lipinski definition) is 1. The minimum atomic E-state index is -0.0915. The third-order valence-corrected chi connectivity index (χ3v) is 3.14. The molecule has 5 heteroatoms. The molecular weight excluding hydrogens is 276 g/mol. The maximum Gasteiger partial charge on any atom is 0.228 e. The van der Waals surface area contributed by atoms with Gasteiger partial charge in [-0.3, -0.25) is 4.79 Å². The summed E-state index contributed by atoms with van der Waals surface area (Å²) in [6.45, 7) is 0.